The largest absolute Gasteiger partial charge is 0.451 e. The summed E-state index contributed by atoms with van der Waals surface area (Å²) in [5.74, 6) is -23.8. The fourth-order valence-electron chi connectivity index (χ4n) is 4.93. The molecule has 0 atom stereocenters. The molecule has 0 aromatic heterocycles. The van der Waals surface area contributed by atoms with E-state index in [9.17, 15) is 25.9 Å². The molecule has 258 valence electrons. The summed E-state index contributed by atoms with van der Waals surface area (Å²) in [4.78, 5) is -0.981. The molecule has 0 spiro atoms. The highest BCUT2D eigenvalue weighted by Crippen LogP contribution is 2.43. The lowest BCUT2D eigenvalue weighted by Crippen LogP contribution is -2.09. The molecule has 0 unspecified atom stereocenters. The van der Waals surface area contributed by atoms with Crippen molar-refractivity contribution in [3.05, 3.63) is 119 Å². The maximum Gasteiger partial charge on any atom is 0.294 e. The molecule has 6 rings (SSSR count). The van der Waals surface area contributed by atoms with E-state index in [1.807, 2.05) is 0 Å². The Hall–Kier alpha value is -5.30. The Morgan fingerprint density at radius 2 is 0.680 bits per heavy atom. The highest BCUT2D eigenvalue weighted by atomic mass is 32.2. The Balaban J connectivity index is 1.37. The molecule has 0 aliphatic rings. The summed E-state index contributed by atoms with van der Waals surface area (Å²) >= 11 is 0. The van der Waals surface area contributed by atoms with Crippen molar-refractivity contribution in [3.8, 4) is 34.1 Å². The Labute approximate surface area is 275 Å². The van der Waals surface area contributed by atoms with Crippen molar-refractivity contribution in [2.75, 3.05) is 0 Å². The molecule has 0 saturated heterocycles. The average Bonchev–Trinajstić information content (AvgIpc) is 3.07. The fraction of sp³-hybridized carbons (Fsp3) is 0. The lowest BCUT2D eigenvalue weighted by Gasteiger charge is -2.16. The highest BCUT2D eigenvalue weighted by Gasteiger charge is 2.35. The highest BCUT2D eigenvalue weighted by molar-refractivity contribution is 7.86. The zero-order valence-electron chi connectivity index (χ0n) is 24.1. The quantitative estimate of drug-likeness (QED) is 0.0944. The smallest absolute Gasteiger partial charge is 0.294 e. The summed E-state index contributed by atoms with van der Waals surface area (Å²) in [5.41, 5.74) is -4.33. The van der Waals surface area contributed by atoms with Gasteiger partial charge in [0, 0.05) is 0 Å². The third-order valence-electron chi connectivity index (χ3n) is 7.30. The van der Waals surface area contributed by atoms with Crippen molar-refractivity contribution < 1.29 is 70.5 Å². The topological polar surface area (TPSA) is 127 Å². The summed E-state index contributed by atoms with van der Waals surface area (Å²) in [5, 5.41) is 0.693. The Morgan fingerprint density at radius 1 is 0.400 bits per heavy atom. The zero-order valence-corrected chi connectivity index (χ0v) is 25.7. The summed E-state index contributed by atoms with van der Waals surface area (Å²) in [7, 11) is -9.17. The second-order valence-corrected chi connectivity index (χ2v) is 13.3. The van der Waals surface area contributed by atoms with Gasteiger partial charge in [0.05, 0.1) is 20.9 Å². The normalized spacial score (nSPS) is 12.1. The van der Waals surface area contributed by atoms with Crippen molar-refractivity contribution in [2.45, 2.75) is 9.79 Å². The van der Waals surface area contributed by atoms with Gasteiger partial charge in [-0.15, -0.1) is 0 Å². The number of hydrogen-bond donors (Lipinski definition) is 2. The number of hydrogen-bond acceptors (Lipinski definition) is 6. The number of ether oxygens (including phenoxy) is 2. The van der Waals surface area contributed by atoms with Crippen LogP contribution in [0.5, 0.6) is 23.0 Å². The maximum absolute atomic E-state index is 15.2. The third kappa shape index (κ3) is 6.06. The Kier molecular flexibility index (Phi) is 8.46. The van der Waals surface area contributed by atoms with E-state index in [0.29, 0.717) is 0 Å². The summed E-state index contributed by atoms with van der Waals surface area (Å²) in [6.45, 7) is 0. The molecular weight excluding hydrogens is 728 g/mol. The molecule has 0 heterocycles. The van der Waals surface area contributed by atoms with Crippen LogP contribution in [0.4, 0.5) is 35.1 Å². The van der Waals surface area contributed by atoms with Gasteiger partial charge in [-0.1, -0.05) is 24.3 Å². The first kappa shape index (κ1) is 34.6. The van der Waals surface area contributed by atoms with E-state index in [1.54, 1.807) is 0 Å². The van der Waals surface area contributed by atoms with Crippen molar-refractivity contribution in [2.24, 2.45) is 0 Å². The minimum absolute atomic E-state index is 0.167. The van der Waals surface area contributed by atoms with Gasteiger partial charge in [-0.2, -0.15) is 34.4 Å². The standard InChI is InChI=1S/C32H14F8O8S2/c33-23-21(24(34)28(38)31(27(23)37)47-17-5-1-15-11-19(49(41,42)43)7-3-13(15)9-17)22-25(35)29(39)32(30(40)26(22)36)48-18-6-2-16-12-20(50(44,45)46)8-4-14(16)10-18/h1-12H,(H,41,42,43)(H,44,45,46). The summed E-state index contributed by atoms with van der Waals surface area (Å²) in [6.07, 6.45) is 0. The number of rotatable bonds is 7. The molecule has 0 aliphatic heterocycles. The van der Waals surface area contributed by atoms with E-state index in [0.717, 1.165) is 72.8 Å². The second kappa shape index (κ2) is 12.2. The number of halogens is 8. The second-order valence-electron chi connectivity index (χ2n) is 10.4. The van der Waals surface area contributed by atoms with E-state index >= 15 is 35.1 Å². The van der Waals surface area contributed by atoms with Crippen LogP contribution in [0.2, 0.25) is 0 Å². The van der Waals surface area contributed by atoms with Crippen LogP contribution in [0.15, 0.2) is 82.6 Å². The summed E-state index contributed by atoms with van der Waals surface area (Å²) in [6, 6.07) is 12.8. The number of benzene rings is 6. The molecule has 0 radical (unpaired) electrons. The van der Waals surface area contributed by atoms with Crippen molar-refractivity contribution >= 4 is 41.8 Å². The first-order chi connectivity index (χ1) is 23.4. The van der Waals surface area contributed by atoms with Gasteiger partial charge in [0.15, 0.2) is 23.3 Å². The number of fused-ring (bicyclic) bond motifs is 2. The first-order valence-electron chi connectivity index (χ1n) is 13.5. The van der Waals surface area contributed by atoms with Crippen molar-refractivity contribution in [1.29, 1.82) is 0 Å². The van der Waals surface area contributed by atoms with Crippen LogP contribution in [-0.4, -0.2) is 25.9 Å². The van der Waals surface area contributed by atoms with Crippen LogP contribution in [0, 0.1) is 46.5 Å². The third-order valence-corrected chi connectivity index (χ3v) is 9.00. The molecule has 8 nitrogen and oxygen atoms in total. The minimum atomic E-state index is -4.58. The molecule has 6 aromatic carbocycles. The predicted octanol–water partition coefficient (Wildman–Crippen LogP) is 8.85. The SMILES string of the molecule is O=S(=O)(O)c1ccc2cc(Oc3c(F)c(F)c(-c4c(F)c(F)c(Oc5ccc6cc(S(=O)(=O)O)ccc6c5)c(F)c4F)c(F)c3F)ccc2c1. The zero-order chi connectivity index (χ0) is 36.4. The van der Waals surface area contributed by atoms with Gasteiger partial charge in [0.1, 0.15) is 11.5 Å². The van der Waals surface area contributed by atoms with Crippen LogP contribution in [-0.2, 0) is 20.2 Å². The van der Waals surface area contributed by atoms with Gasteiger partial charge in [-0.25, -0.2) is 17.6 Å². The fourth-order valence-corrected chi connectivity index (χ4v) is 5.96. The van der Waals surface area contributed by atoms with Gasteiger partial charge < -0.3 is 9.47 Å². The minimum Gasteiger partial charge on any atom is -0.451 e. The van der Waals surface area contributed by atoms with Gasteiger partial charge in [0.25, 0.3) is 20.2 Å². The van der Waals surface area contributed by atoms with Gasteiger partial charge >= 0.3 is 0 Å². The average molecular weight is 743 g/mol. The monoisotopic (exact) mass is 742 g/mol. The van der Waals surface area contributed by atoms with Gasteiger partial charge in [-0.3, -0.25) is 9.11 Å². The Morgan fingerprint density at radius 3 is 0.980 bits per heavy atom. The van der Waals surface area contributed by atoms with Gasteiger partial charge in [-0.05, 0) is 70.1 Å². The van der Waals surface area contributed by atoms with E-state index in [2.05, 4.69) is 0 Å². The first-order valence-corrected chi connectivity index (χ1v) is 16.4. The summed E-state index contributed by atoms with van der Waals surface area (Å²) < 4.78 is 195. The molecule has 6 aromatic rings. The van der Waals surface area contributed by atoms with Crippen LogP contribution in [0.1, 0.15) is 0 Å². The molecular formula is C32H14F8O8S2. The van der Waals surface area contributed by atoms with E-state index < -0.39 is 111 Å². The molecule has 2 N–H and O–H groups in total. The Bertz CT molecular complexity index is 2410. The van der Waals surface area contributed by atoms with Crippen molar-refractivity contribution in [3.63, 3.8) is 0 Å². The molecule has 0 amide bonds. The van der Waals surface area contributed by atoms with Crippen LogP contribution in [0.25, 0.3) is 32.7 Å². The lowest BCUT2D eigenvalue weighted by atomic mass is 10.0. The van der Waals surface area contributed by atoms with Crippen LogP contribution in [0.3, 0.4) is 0 Å². The van der Waals surface area contributed by atoms with Gasteiger partial charge in [0.2, 0.25) is 34.8 Å². The van der Waals surface area contributed by atoms with E-state index in [4.69, 9.17) is 9.47 Å². The van der Waals surface area contributed by atoms with E-state index in [1.165, 1.54) is 0 Å². The molecule has 0 bridgehead atoms. The molecule has 50 heavy (non-hydrogen) atoms. The molecule has 0 saturated carbocycles. The lowest BCUT2D eigenvalue weighted by molar-refractivity contribution is 0.360. The van der Waals surface area contributed by atoms with E-state index in [-0.39, 0.29) is 21.5 Å². The van der Waals surface area contributed by atoms with Crippen molar-refractivity contribution in [1.82, 2.24) is 0 Å². The molecule has 18 heteroatoms. The predicted molar refractivity (Wildman–Crippen MR) is 159 cm³/mol. The van der Waals surface area contributed by atoms with Crippen LogP contribution < -0.4 is 9.47 Å². The van der Waals surface area contributed by atoms with Crippen LogP contribution >= 0.6 is 0 Å². The molecule has 0 fully saturated rings. The maximum atomic E-state index is 15.2. The molecule has 0 aliphatic carbocycles.